The van der Waals surface area contributed by atoms with E-state index in [0.29, 0.717) is 0 Å². The lowest BCUT2D eigenvalue weighted by Crippen LogP contribution is -2.16. The number of nitrogens with one attached hydrogen (secondary N) is 1. The van der Waals surface area contributed by atoms with E-state index in [1.165, 1.54) is 12.3 Å². The molecule has 2 rings (SSSR count). The third-order valence-corrected chi connectivity index (χ3v) is 3.71. The number of carbonyl (C=O) groups excluding carboxylic acids is 1. The van der Waals surface area contributed by atoms with Gasteiger partial charge in [-0.25, -0.2) is 0 Å². The van der Waals surface area contributed by atoms with Crippen LogP contribution in [0.25, 0.3) is 0 Å². The van der Waals surface area contributed by atoms with Crippen LogP contribution >= 0.6 is 11.6 Å². The SMILES string of the molecule is Cc1cccc(C)c1NC(=O)CN=Cc1cc(Cl)cc([N+](=O)[O-])c1O. The summed E-state index contributed by atoms with van der Waals surface area (Å²) in [5.41, 5.74) is 2.14. The molecule has 0 atom stereocenters. The maximum Gasteiger partial charge on any atom is 0.312 e. The van der Waals surface area contributed by atoms with Gasteiger partial charge in [-0.05, 0) is 31.0 Å². The summed E-state index contributed by atoms with van der Waals surface area (Å²) in [7, 11) is 0. The van der Waals surface area contributed by atoms with Gasteiger partial charge in [0.2, 0.25) is 11.7 Å². The van der Waals surface area contributed by atoms with E-state index >= 15 is 0 Å². The number of nitro benzene ring substituents is 1. The van der Waals surface area contributed by atoms with Crippen LogP contribution in [0.5, 0.6) is 5.75 Å². The van der Waals surface area contributed by atoms with E-state index in [2.05, 4.69) is 10.3 Å². The van der Waals surface area contributed by atoms with Crippen LogP contribution in [0.1, 0.15) is 16.7 Å². The second kappa shape index (κ2) is 7.76. The molecule has 7 nitrogen and oxygen atoms in total. The maximum absolute atomic E-state index is 12.0. The number of hydrogen-bond acceptors (Lipinski definition) is 5. The number of para-hydroxylation sites is 1. The van der Waals surface area contributed by atoms with Crippen molar-refractivity contribution in [3.8, 4) is 5.75 Å². The van der Waals surface area contributed by atoms with Gasteiger partial charge in [0.1, 0.15) is 6.54 Å². The molecular formula is C17H16ClN3O4. The molecule has 1 amide bonds. The summed E-state index contributed by atoms with van der Waals surface area (Å²) in [6.45, 7) is 3.57. The van der Waals surface area contributed by atoms with Crippen molar-refractivity contribution < 1.29 is 14.8 Å². The number of phenolic OH excluding ortho intramolecular Hbond substituents is 1. The molecule has 2 aromatic rings. The topological polar surface area (TPSA) is 105 Å². The molecule has 0 aliphatic heterocycles. The minimum Gasteiger partial charge on any atom is -0.502 e. The molecule has 2 aromatic carbocycles. The highest BCUT2D eigenvalue weighted by Gasteiger charge is 2.17. The number of phenols is 1. The molecule has 0 bridgehead atoms. The molecule has 0 radical (unpaired) electrons. The average molecular weight is 362 g/mol. The van der Waals surface area contributed by atoms with E-state index < -0.39 is 16.4 Å². The fourth-order valence-electron chi connectivity index (χ4n) is 2.26. The summed E-state index contributed by atoms with van der Waals surface area (Å²) in [6, 6.07) is 8.04. The zero-order valence-electron chi connectivity index (χ0n) is 13.6. The molecule has 130 valence electrons. The molecule has 0 fully saturated rings. The zero-order valence-corrected chi connectivity index (χ0v) is 14.4. The first-order valence-electron chi connectivity index (χ1n) is 7.32. The van der Waals surface area contributed by atoms with Crippen molar-refractivity contribution in [2.24, 2.45) is 4.99 Å². The Hall–Kier alpha value is -2.93. The van der Waals surface area contributed by atoms with Crippen LogP contribution in [-0.2, 0) is 4.79 Å². The van der Waals surface area contributed by atoms with E-state index in [1.54, 1.807) is 0 Å². The Bertz CT molecular complexity index is 845. The predicted molar refractivity (Wildman–Crippen MR) is 96.8 cm³/mol. The lowest BCUT2D eigenvalue weighted by molar-refractivity contribution is -0.385. The van der Waals surface area contributed by atoms with E-state index in [9.17, 15) is 20.0 Å². The molecule has 2 N–H and O–H groups in total. The summed E-state index contributed by atoms with van der Waals surface area (Å²) >= 11 is 5.79. The van der Waals surface area contributed by atoms with Crippen LogP contribution in [0, 0.1) is 24.0 Å². The second-order valence-corrected chi connectivity index (χ2v) is 5.84. The van der Waals surface area contributed by atoms with E-state index in [1.807, 2.05) is 32.0 Å². The lowest BCUT2D eigenvalue weighted by atomic mass is 10.1. The van der Waals surface area contributed by atoms with Gasteiger partial charge in [-0.15, -0.1) is 0 Å². The fourth-order valence-corrected chi connectivity index (χ4v) is 2.48. The molecule has 25 heavy (non-hydrogen) atoms. The Balaban J connectivity index is 2.11. The Morgan fingerprint density at radius 2 is 2.00 bits per heavy atom. The average Bonchev–Trinajstić information content (AvgIpc) is 2.53. The van der Waals surface area contributed by atoms with Crippen molar-refractivity contribution >= 4 is 35.1 Å². The monoisotopic (exact) mass is 361 g/mol. The number of carbonyl (C=O) groups is 1. The number of amides is 1. The first kappa shape index (κ1) is 18.4. The summed E-state index contributed by atoms with van der Waals surface area (Å²) in [5, 5.41) is 23.6. The van der Waals surface area contributed by atoms with Crippen molar-refractivity contribution in [1.82, 2.24) is 0 Å². The number of benzene rings is 2. The van der Waals surface area contributed by atoms with Crippen molar-refractivity contribution in [2.75, 3.05) is 11.9 Å². The fraction of sp³-hybridized carbons (Fsp3) is 0.176. The minimum atomic E-state index is -0.744. The number of aromatic hydroxyl groups is 1. The Morgan fingerprint density at radius 1 is 1.36 bits per heavy atom. The van der Waals surface area contributed by atoms with Crippen molar-refractivity contribution in [3.63, 3.8) is 0 Å². The van der Waals surface area contributed by atoms with Crippen molar-refractivity contribution in [3.05, 3.63) is 62.2 Å². The number of aryl methyl sites for hydroxylation is 2. The summed E-state index contributed by atoms with van der Waals surface area (Å²) in [6.07, 6.45) is 1.18. The van der Waals surface area contributed by atoms with Crippen LogP contribution < -0.4 is 5.32 Å². The minimum absolute atomic E-state index is 0.0686. The Labute approximate surface area is 149 Å². The molecule has 0 spiro atoms. The van der Waals surface area contributed by atoms with E-state index in [-0.39, 0.29) is 23.0 Å². The van der Waals surface area contributed by atoms with Crippen LogP contribution in [0.2, 0.25) is 5.02 Å². The van der Waals surface area contributed by atoms with Gasteiger partial charge in [0.25, 0.3) is 0 Å². The standard InChI is InChI=1S/C17H16ClN3O4/c1-10-4-3-5-11(2)16(10)20-15(22)9-19-8-12-6-13(18)7-14(17(12)23)21(24)25/h3-8,23H,9H2,1-2H3,(H,20,22). The van der Waals surface area contributed by atoms with Gasteiger partial charge in [0.05, 0.1) is 4.92 Å². The van der Waals surface area contributed by atoms with Crippen molar-refractivity contribution in [1.29, 1.82) is 0 Å². The first-order valence-corrected chi connectivity index (χ1v) is 7.70. The molecule has 0 saturated heterocycles. The highest BCUT2D eigenvalue weighted by molar-refractivity contribution is 6.31. The molecular weight excluding hydrogens is 346 g/mol. The first-order chi connectivity index (χ1) is 11.8. The van der Waals surface area contributed by atoms with Gasteiger partial charge in [-0.1, -0.05) is 29.8 Å². The number of nitro groups is 1. The van der Waals surface area contributed by atoms with Gasteiger partial charge in [-0.2, -0.15) is 0 Å². The van der Waals surface area contributed by atoms with Gasteiger partial charge >= 0.3 is 5.69 Å². The normalized spacial score (nSPS) is 10.8. The van der Waals surface area contributed by atoms with Gasteiger partial charge in [-0.3, -0.25) is 19.9 Å². The number of rotatable bonds is 5. The molecule has 0 heterocycles. The molecule has 0 aliphatic carbocycles. The van der Waals surface area contributed by atoms with Gasteiger partial charge < -0.3 is 10.4 Å². The molecule has 0 aliphatic rings. The molecule has 0 saturated carbocycles. The summed E-state index contributed by atoms with van der Waals surface area (Å²) in [5.74, 6) is -0.891. The smallest absolute Gasteiger partial charge is 0.312 e. The van der Waals surface area contributed by atoms with E-state index in [4.69, 9.17) is 11.6 Å². The molecule has 0 aromatic heterocycles. The Kier molecular flexibility index (Phi) is 5.71. The Morgan fingerprint density at radius 3 is 2.60 bits per heavy atom. The van der Waals surface area contributed by atoms with Crippen LogP contribution in [-0.4, -0.2) is 28.7 Å². The van der Waals surface area contributed by atoms with E-state index in [0.717, 1.165) is 22.9 Å². The summed E-state index contributed by atoms with van der Waals surface area (Å²) < 4.78 is 0. The largest absolute Gasteiger partial charge is 0.502 e. The van der Waals surface area contributed by atoms with Crippen LogP contribution in [0.4, 0.5) is 11.4 Å². The second-order valence-electron chi connectivity index (χ2n) is 5.40. The summed E-state index contributed by atoms with van der Waals surface area (Å²) in [4.78, 5) is 26.0. The number of halogens is 1. The highest BCUT2D eigenvalue weighted by Crippen LogP contribution is 2.32. The van der Waals surface area contributed by atoms with Crippen molar-refractivity contribution in [2.45, 2.75) is 13.8 Å². The maximum atomic E-state index is 12.0. The lowest BCUT2D eigenvalue weighted by Gasteiger charge is -2.10. The molecule has 0 unspecified atom stereocenters. The number of aliphatic imine (C=N–C) groups is 1. The number of nitrogens with zero attached hydrogens (tertiary/aromatic N) is 2. The number of anilines is 1. The van der Waals surface area contributed by atoms with Crippen LogP contribution in [0.3, 0.4) is 0 Å². The third kappa shape index (κ3) is 4.54. The van der Waals surface area contributed by atoms with Gasteiger partial charge in [0, 0.05) is 28.6 Å². The predicted octanol–water partition coefficient (Wildman–Crippen LogP) is 3.63. The number of hydrogen-bond donors (Lipinski definition) is 2. The van der Waals surface area contributed by atoms with Gasteiger partial charge in [0.15, 0.2) is 0 Å². The van der Waals surface area contributed by atoms with Crippen LogP contribution in [0.15, 0.2) is 35.3 Å². The zero-order chi connectivity index (χ0) is 18.6. The quantitative estimate of drug-likeness (QED) is 0.482. The molecule has 8 heteroatoms. The highest BCUT2D eigenvalue weighted by atomic mass is 35.5. The third-order valence-electron chi connectivity index (χ3n) is 3.49.